The predicted octanol–water partition coefficient (Wildman–Crippen LogP) is 6.32. The quantitative estimate of drug-likeness (QED) is 0.122. The standard InChI is InChI=1S/C37H47N7O4S2/c1-26(2)35-40-31(24-49-35)21-44(5)36(46)42-33(22-43(3)4)34(45)39-29(18-27-12-8-6-9-13-27)16-17-30(19-28-14-10-7-11-15-28)41-37(47)48-23-32-20-38-25-50-32/h6-15,20,24-26,29-30H,16-19,21-23H2,1-5H3,(H,39,45)(H,41,47)/b42-33+. The van der Waals surface area contributed by atoms with Gasteiger partial charge < -0.3 is 25.2 Å². The molecular weight excluding hydrogens is 671 g/mol. The first kappa shape index (κ1) is 38.3. The normalized spacial score (nSPS) is 12.8. The Morgan fingerprint density at radius 3 is 2.04 bits per heavy atom. The van der Waals surface area contributed by atoms with Crippen LogP contribution in [0.2, 0.25) is 0 Å². The Morgan fingerprint density at radius 2 is 1.50 bits per heavy atom. The minimum Gasteiger partial charge on any atom is -0.444 e. The molecule has 4 aromatic rings. The van der Waals surface area contributed by atoms with Crippen LogP contribution in [0, 0.1) is 0 Å². The van der Waals surface area contributed by atoms with Gasteiger partial charge in [0.1, 0.15) is 12.3 Å². The lowest BCUT2D eigenvalue weighted by atomic mass is 9.96. The minimum atomic E-state index is -0.514. The van der Waals surface area contributed by atoms with Crippen LogP contribution in [0.3, 0.4) is 0 Å². The number of carbonyl (C=O) groups is 3. The fourth-order valence-electron chi connectivity index (χ4n) is 5.21. The summed E-state index contributed by atoms with van der Waals surface area (Å²) in [5.74, 6) is -0.104. The van der Waals surface area contributed by atoms with Crippen molar-refractivity contribution in [3.8, 4) is 0 Å². The van der Waals surface area contributed by atoms with Crippen LogP contribution < -0.4 is 10.6 Å². The number of nitrogens with one attached hydrogen (secondary N) is 2. The predicted molar refractivity (Wildman–Crippen MR) is 200 cm³/mol. The van der Waals surface area contributed by atoms with Gasteiger partial charge in [0.05, 0.1) is 27.6 Å². The number of thiazole rings is 2. The van der Waals surface area contributed by atoms with Crippen molar-refractivity contribution in [2.45, 2.75) is 70.7 Å². The van der Waals surface area contributed by atoms with E-state index in [9.17, 15) is 14.4 Å². The smallest absolute Gasteiger partial charge is 0.407 e. The van der Waals surface area contributed by atoms with Crippen LogP contribution >= 0.6 is 22.7 Å². The zero-order valence-electron chi connectivity index (χ0n) is 29.4. The average Bonchev–Trinajstić information content (AvgIpc) is 3.79. The average molecular weight is 718 g/mol. The molecule has 2 heterocycles. The summed E-state index contributed by atoms with van der Waals surface area (Å²) in [7, 11) is 5.32. The van der Waals surface area contributed by atoms with Crippen molar-refractivity contribution < 1.29 is 19.1 Å². The third-order valence-electron chi connectivity index (χ3n) is 7.75. The third kappa shape index (κ3) is 13.1. The second-order valence-corrected chi connectivity index (χ2v) is 14.6. The van der Waals surface area contributed by atoms with Gasteiger partial charge in [-0.25, -0.2) is 14.6 Å². The van der Waals surface area contributed by atoms with Gasteiger partial charge in [0.15, 0.2) is 0 Å². The molecule has 266 valence electrons. The molecule has 2 atom stereocenters. The molecule has 4 rings (SSSR count). The Labute approximate surface area is 302 Å². The first-order valence-electron chi connectivity index (χ1n) is 16.7. The maximum Gasteiger partial charge on any atom is 0.407 e. The molecule has 2 unspecified atom stereocenters. The molecule has 0 bridgehead atoms. The maximum atomic E-state index is 13.8. The van der Waals surface area contributed by atoms with Gasteiger partial charge in [-0.2, -0.15) is 4.99 Å². The van der Waals surface area contributed by atoms with Crippen LogP contribution in [0.5, 0.6) is 0 Å². The summed E-state index contributed by atoms with van der Waals surface area (Å²) in [6.07, 6.45) is 3.44. The molecule has 0 saturated heterocycles. The lowest BCUT2D eigenvalue weighted by molar-refractivity contribution is -0.115. The number of aliphatic imine (C=N–C) groups is 1. The van der Waals surface area contributed by atoms with Crippen LogP contribution in [0.4, 0.5) is 9.59 Å². The Hall–Kier alpha value is -4.46. The van der Waals surface area contributed by atoms with E-state index in [1.165, 1.54) is 16.2 Å². The van der Waals surface area contributed by atoms with Crippen molar-refractivity contribution in [1.82, 2.24) is 30.4 Å². The van der Waals surface area contributed by atoms with Crippen molar-refractivity contribution in [3.05, 3.63) is 104 Å². The number of amides is 4. The largest absolute Gasteiger partial charge is 0.444 e. The highest BCUT2D eigenvalue weighted by Crippen LogP contribution is 2.20. The van der Waals surface area contributed by atoms with Gasteiger partial charge in [-0.15, -0.1) is 22.7 Å². The highest BCUT2D eigenvalue weighted by Gasteiger charge is 2.23. The molecule has 0 saturated carbocycles. The number of urea groups is 1. The van der Waals surface area contributed by atoms with E-state index in [4.69, 9.17) is 4.74 Å². The summed E-state index contributed by atoms with van der Waals surface area (Å²) in [5, 5.41) is 9.17. The molecule has 0 radical (unpaired) electrons. The molecule has 2 N–H and O–H groups in total. The lowest BCUT2D eigenvalue weighted by Gasteiger charge is -2.24. The van der Waals surface area contributed by atoms with Crippen molar-refractivity contribution in [2.24, 2.45) is 4.99 Å². The van der Waals surface area contributed by atoms with E-state index in [-0.39, 0.29) is 30.9 Å². The van der Waals surface area contributed by atoms with Gasteiger partial charge in [-0.3, -0.25) is 9.78 Å². The number of carbonyl (C=O) groups excluding carboxylic acids is 3. The lowest BCUT2D eigenvalue weighted by Crippen LogP contribution is -2.45. The molecular formula is C37H47N7O4S2. The topological polar surface area (TPSA) is 129 Å². The van der Waals surface area contributed by atoms with Crippen molar-refractivity contribution in [2.75, 3.05) is 27.7 Å². The first-order valence-corrected chi connectivity index (χ1v) is 18.4. The molecule has 0 aliphatic rings. The van der Waals surface area contributed by atoms with E-state index in [2.05, 4.69) is 39.4 Å². The first-order chi connectivity index (χ1) is 24.0. The summed E-state index contributed by atoms with van der Waals surface area (Å²) in [6.45, 7) is 4.78. The van der Waals surface area contributed by atoms with E-state index in [0.29, 0.717) is 38.1 Å². The fourth-order valence-corrected chi connectivity index (χ4v) is 6.54. The second kappa shape index (κ2) is 19.7. The summed E-state index contributed by atoms with van der Waals surface area (Å²) in [6, 6.07) is 18.8. The van der Waals surface area contributed by atoms with Gasteiger partial charge in [0, 0.05) is 43.2 Å². The highest BCUT2D eigenvalue weighted by molar-refractivity contribution is 7.09. The number of hydrogen-bond donors (Lipinski definition) is 2. The molecule has 50 heavy (non-hydrogen) atoms. The second-order valence-electron chi connectivity index (χ2n) is 12.8. The molecule has 0 fully saturated rings. The van der Waals surface area contributed by atoms with E-state index < -0.39 is 18.0 Å². The van der Waals surface area contributed by atoms with Crippen molar-refractivity contribution in [1.29, 1.82) is 0 Å². The van der Waals surface area contributed by atoms with Crippen LogP contribution in [0.25, 0.3) is 0 Å². The molecule has 0 aliphatic carbocycles. The maximum absolute atomic E-state index is 13.8. The Kier molecular flexibility index (Phi) is 15.1. The fraction of sp³-hybridized carbons (Fsp3) is 0.405. The zero-order valence-corrected chi connectivity index (χ0v) is 31.0. The van der Waals surface area contributed by atoms with Crippen LogP contribution in [-0.4, -0.2) is 83.3 Å². The molecule has 2 aromatic carbocycles. The summed E-state index contributed by atoms with van der Waals surface area (Å²) < 4.78 is 5.49. The number of rotatable bonds is 17. The minimum absolute atomic E-state index is 0.122. The van der Waals surface area contributed by atoms with E-state index >= 15 is 0 Å². The number of nitrogens with zero attached hydrogens (tertiary/aromatic N) is 5. The van der Waals surface area contributed by atoms with Crippen molar-refractivity contribution in [3.63, 3.8) is 0 Å². The Morgan fingerprint density at radius 1 is 0.880 bits per heavy atom. The summed E-state index contributed by atoms with van der Waals surface area (Å²) in [4.78, 5) is 57.0. The Balaban J connectivity index is 1.48. The number of aromatic nitrogens is 2. The monoisotopic (exact) mass is 717 g/mol. The summed E-state index contributed by atoms with van der Waals surface area (Å²) >= 11 is 2.99. The van der Waals surface area contributed by atoms with Crippen LogP contribution in [0.1, 0.15) is 59.3 Å². The van der Waals surface area contributed by atoms with E-state index in [1.54, 1.807) is 30.1 Å². The van der Waals surface area contributed by atoms with Gasteiger partial charge >= 0.3 is 12.1 Å². The van der Waals surface area contributed by atoms with Gasteiger partial charge in [0.25, 0.3) is 5.91 Å². The molecule has 13 heteroatoms. The Bertz CT molecular complexity index is 1660. The number of hydrogen-bond acceptors (Lipinski definition) is 9. The number of ether oxygens (including phenoxy) is 1. The molecule has 11 nitrogen and oxygen atoms in total. The van der Waals surface area contributed by atoms with Gasteiger partial charge in [0.2, 0.25) is 0 Å². The van der Waals surface area contributed by atoms with Crippen LogP contribution in [0.15, 0.2) is 82.7 Å². The van der Waals surface area contributed by atoms with Gasteiger partial charge in [-0.1, -0.05) is 74.5 Å². The number of alkyl carbamates (subject to hydrolysis) is 1. The zero-order chi connectivity index (χ0) is 35.9. The van der Waals surface area contributed by atoms with E-state index in [1.807, 2.05) is 85.0 Å². The molecule has 0 spiro atoms. The van der Waals surface area contributed by atoms with Crippen LogP contribution in [-0.2, 0) is 35.5 Å². The molecule has 0 aliphatic heterocycles. The number of benzene rings is 2. The molecule has 4 amide bonds. The highest BCUT2D eigenvalue weighted by atomic mass is 32.1. The van der Waals surface area contributed by atoms with Crippen molar-refractivity contribution >= 4 is 46.4 Å². The molecule has 2 aromatic heterocycles. The van der Waals surface area contributed by atoms with Gasteiger partial charge in [-0.05, 0) is 50.9 Å². The SMILES string of the molecule is CC(C)c1nc(CN(C)C(=O)/N=C(\CN(C)C)C(=O)NC(CCC(Cc2ccccc2)NC(=O)OCc2cncs2)Cc2ccccc2)cs1. The van der Waals surface area contributed by atoms with E-state index in [0.717, 1.165) is 26.7 Å². The third-order valence-corrected chi connectivity index (χ3v) is 9.69. The summed E-state index contributed by atoms with van der Waals surface area (Å²) in [5.41, 5.74) is 4.74.